The number of hydrogen-bond acceptors (Lipinski definition) is 7. The first-order valence-corrected chi connectivity index (χ1v) is 20.2. The lowest BCUT2D eigenvalue weighted by Crippen LogP contribution is -2.54. The van der Waals surface area contributed by atoms with Crippen LogP contribution in [-0.2, 0) is 36.0 Å². The highest BCUT2D eigenvalue weighted by Gasteiger charge is 2.32. The van der Waals surface area contributed by atoms with E-state index in [4.69, 9.17) is 17.3 Å². The molecule has 2 heterocycles. The summed E-state index contributed by atoms with van der Waals surface area (Å²) < 4.78 is 28.9. The largest absolute Gasteiger partial charge is 0.366 e. The molecule has 7 rings (SSSR count). The zero-order valence-corrected chi connectivity index (χ0v) is 31.4. The van der Waals surface area contributed by atoms with Gasteiger partial charge in [0.05, 0.1) is 4.90 Å². The van der Waals surface area contributed by atoms with Crippen LogP contribution in [-0.4, -0.2) is 69.4 Å². The van der Waals surface area contributed by atoms with Crippen LogP contribution >= 0.6 is 11.6 Å². The topological polar surface area (TPSA) is 99.0 Å². The van der Waals surface area contributed by atoms with Crippen LogP contribution < -0.4 is 15.4 Å². The number of hydrogen-bond donors (Lipinski definition) is 2. The lowest BCUT2D eigenvalue weighted by Gasteiger charge is -2.46. The van der Waals surface area contributed by atoms with Crippen molar-refractivity contribution in [2.24, 2.45) is 5.73 Å². The third-order valence-electron chi connectivity index (χ3n) is 10.4. The van der Waals surface area contributed by atoms with Gasteiger partial charge in [0.1, 0.15) is 0 Å². The molecule has 2 aliphatic rings. The molecule has 0 unspecified atom stereocenters. The molecule has 0 bridgehead atoms. The Morgan fingerprint density at radius 2 is 1.60 bits per heavy atom. The Bertz CT molecular complexity index is 2130. The molecular formula is C43H46ClN5O3S. The van der Waals surface area contributed by atoms with Gasteiger partial charge in [0.2, 0.25) is 0 Å². The second kappa shape index (κ2) is 16.7. The average molecular weight is 748 g/mol. The van der Waals surface area contributed by atoms with Gasteiger partial charge in [0.25, 0.3) is 15.9 Å². The van der Waals surface area contributed by atoms with E-state index < -0.39 is 15.9 Å². The minimum atomic E-state index is -4.06. The molecule has 0 aliphatic carbocycles. The molecule has 5 aromatic carbocycles. The number of anilines is 1. The summed E-state index contributed by atoms with van der Waals surface area (Å²) in [6.45, 7) is 6.39. The predicted octanol–water partition coefficient (Wildman–Crippen LogP) is 6.77. The van der Waals surface area contributed by atoms with Crippen LogP contribution in [0.4, 0.5) is 5.69 Å². The van der Waals surface area contributed by atoms with E-state index in [0.29, 0.717) is 24.7 Å². The highest BCUT2D eigenvalue weighted by molar-refractivity contribution is 7.90. The molecule has 0 aromatic heterocycles. The maximum atomic E-state index is 13.3. The molecule has 274 valence electrons. The number of rotatable bonds is 13. The molecule has 1 amide bonds. The Morgan fingerprint density at radius 1 is 0.849 bits per heavy atom. The highest BCUT2D eigenvalue weighted by atomic mass is 35.5. The van der Waals surface area contributed by atoms with E-state index in [1.807, 2.05) is 42.5 Å². The molecule has 2 aliphatic heterocycles. The first-order chi connectivity index (χ1) is 25.8. The first-order valence-electron chi connectivity index (χ1n) is 18.3. The van der Waals surface area contributed by atoms with Crippen molar-refractivity contribution in [3.8, 4) is 11.1 Å². The molecule has 53 heavy (non-hydrogen) atoms. The van der Waals surface area contributed by atoms with Crippen LogP contribution in [0.2, 0.25) is 5.02 Å². The Balaban J connectivity index is 0.953. The molecule has 8 nitrogen and oxygen atoms in total. The molecule has 1 saturated heterocycles. The van der Waals surface area contributed by atoms with Crippen molar-refractivity contribution >= 4 is 33.2 Å². The predicted molar refractivity (Wildman–Crippen MR) is 214 cm³/mol. The number of sulfonamides is 1. The molecule has 1 fully saturated rings. The monoisotopic (exact) mass is 747 g/mol. The van der Waals surface area contributed by atoms with Crippen molar-refractivity contribution in [2.75, 3.05) is 44.2 Å². The van der Waals surface area contributed by atoms with Gasteiger partial charge >= 0.3 is 0 Å². The number of carbonyl (C=O) groups is 1. The van der Waals surface area contributed by atoms with Gasteiger partial charge in [-0.3, -0.25) is 14.6 Å². The number of nitrogens with two attached hydrogens (primary N) is 1. The van der Waals surface area contributed by atoms with Gasteiger partial charge < -0.3 is 10.6 Å². The minimum Gasteiger partial charge on any atom is -0.366 e. The number of benzene rings is 5. The minimum absolute atomic E-state index is 0.0544. The maximum Gasteiger partial charge on any atom is 0.265 e. The van der Waals surface area contributed by atoms with Crippen LogP contribution in [0.1, 0.15) is 39.0 Å². The molecular weight excluding hydrogens is 702 g/mol. The van der Waals surface area contributed by atoms with Gasteiger partial charge in [-0.25, -0.2) is 13.1 Å². The first kappa shape index (κ1) is 36.8. The summed E-state index contributed by atoms with van der Waals surface area (Å²) in [5, 5.41) is 0.732. The van der Waals surface area contributed by atoms with Gasteiger partial charge in [-0.05, 0) is 95.1 Å². The van der Waals surface area contributed by atoms with E-state index in [9.17, 15) is 13.2 Å². The second-order valence-corrected chi connectivity index (χ2v) is 16.1. The third kappa shape index (κ3) is 9.00. The molecule has 1 atom stereocenters. The summed E-state index contributed by atoms with van der Waals surface area (Å²) in [6, 6.07) is 39.6. The number of halogens is 1. The van der Waals surface area contributed by atoms with Crippen molar-refractivity contribution in [3.05, 3.63) is 154 Å². The van der Waals surface area contributed by atoms with Gasteiger partial charge in [0.15, 0.2) is 0 Å². The quantitative estimate of drug-likeness (QED) is 0.137. The smallest absolute Gasteiger partial charge is 0.265 e. The Hall–Kier alpha value is -4.51. The van der Waals surface area contributed by atoms with Gasteiger partial charge in [-0.1, -0.05) is 90.5 Å². The van der Waals surface area contributed by atoms with Crippen molar-refractivity contribution in [3.63, 3.8) is 0 Å². The Labute approximate surface area is 318 Å². The average Bonchev–Trinajstić information content (AvgIpc) is 3.18. The van der Waals surface area contributed by atoms with Crippen LogP contribution in [0.5, 0.6) is 0 Å². The van der Waals surface area contributed by atoms with Gasteiger partial charge in [-0.2, -0.15) is 0 Å². The summed E-state index contributed by atoms with van der Waals surface area (Å²) in [5.74, 6) is -0.627. The molecule has 3 N–H and O–H groups in total. The molecule has 0 saturated carbocycles. The zero-order valence-electron chi connectivity index (χ0n) is 29.8. The van der Waals surface area contributed by atoms with Crippen molar-refractivity contribution in [2.45, 2.75) is 43.3 Å². The number of nitrogens with one attached hydrogen (secondary N) is 1. The van der Waals surface area contributed by atoms with Crippen molar-refractivity contribution in [1.29, 1.82) is 0 Å². The van der Waals surface area contributed by atoms with E-state index in [1.165, 1.54) is 16.7 Å². The second-order valence-electron chi connectivity index (χ2n) is 14.0. The summed E-state index contributed by atoms with van der Waals surface area (Å²) in [7, 11) is -4.06. The van der Waals surface area contributed by atoms with Crippen LogP contribution in [0.15, 0.2) is 126 Å². The van der Waals surface area contributed by atoms with Crippen LogP contribution in [0, 0.1) is 0 Å². The normalized spacial score (nSPS) is 15.9. The molecule has 5 aromatic rings. The fourth-order valence-electron chi connectivity index (χ4n) is 7.62. The van der Waals surface area contributed by atoms with Crippen molar-refractivity contribution in [1.82, 2.24) is 14.5 Å². The van der Waals surface area contributed by atoms with Gasteiger partial charge in [-0.15, -0.1) is 0 Å². The standard InChI is InChI=1S/C43H46ClN5O3S/c44-38-16-12-34(13-17-38)41-9-5-4-8-37(41)30-48-26-27-49-39(31-48)18-14-35-28-36(15-21-42(35)49)43(50)46-53(51,52)40-19-10-33(11-20-40)29-47(25-23-45)24-22-32-6-2-1-3-7-32/h1-13,15-17,19-21,28,39H,14,18,22-27,29-31,45H2,(H,46,50)/t39-/m0/s1. The van der Waals surface area contributed by atoms with E-state index in [0.717, 1.165) is 85.9 Å². The number of nitrogens with zero attached hydrogens (tertiary/aromatic N) is 3. The Morgan fingerprint density at radius 3 is 2.38 bits per heavy atom. The van der Waals surface area contributed by atoms with Crippen LogP contribution in [0.3, 0.4) is 0 Å². The van der Waals surface area contributed by atoms with E-state index >= 15 is 0 Å². The van der Waals surface area contributed by atoms with E-state index in [-0.39, 0.29) is 4.90 Å². The summed E-state index contributed by atoms with van der Waals surface area (Å²) in [5.41, 5.74) is 14.4. The number of aryl methyl sites for hydroxylation is 1. The molecule has 0 radical (unpaired) electrons. The third-order valence-corrected chi connectivity index (χ3v) is 12.0. The number of amides is 1. The number of piperazine rings is 1. The van der Waals surface area contributed by atoms with E-state index in [1.54, 1.807) is 30.3 Å². The lowest BCUT2D eigenvalue weighted by atomic mass is 9.92. The maximum absolute atomic E-state index is 13.3. The summed E-state index contributed by atoms with van der Waals surface area (Å²) in [4.78, 5) is 20.6. The van der Waals surface area contributed by atoms with Crippen molar-refractivity contribution < 1.29 is 13.2 Å². The summed E-state index contributed by atoms with van der Waals surface area (Å²) >= 11 is 6.15. The number of fused-ring (bicyclic) bond motifs is 3. The number of carbonyl (C=O) groups excluding carboxylic acids is 1. The highest BCUT2D eigenvalue weighted by Crippen LogP contribution is 2.34. The zero-order chi connectivity index (χ0) is 36.8. The molecule has 10 heteroatoms. The lowest BCUT2D eigenvalue weighted by molar-refractivity contribution is 0.0981. The molecule has 0 spiro atoms. The van der Waals surface area contributed by atoms with E-state index in [2.05, 4.69) is 68.0 Å². The Kier molecular flexibility index (Phi) is 11.6. The van der Waals surface area contributed by atoms with Crippen LogP contribution in [0.25, 0.3) is 11.1 Å². The summed E-state index contributed by atoms with van der Waals surface area (Å²) in [6.07, 6.45) is 2.70. The fraction of sp³-hybridized carbons (Fsp3) is 0.279. The van der Waals surface area contributed by atoms with Gasteiger partial charge in [0, 0.05) is 74.7 Å². The fourth-order valence-corrected chi connectivity index (χ4v) is 8.72. The SMILES string of the molecule is NCCN(CCc1ccccc1)Cc1ccc(S(=O)(=O)NC(=O)c2ccc3c(c2)CC[C@H]2CN(Cc4ccccc4-c4ccc(Cl)cc4)CCN32)cc1.